The number of halogens is 1. The van der Waals surface area contributed by atoms with Gasteiger partial charge in [-0.25, -0.2) is 9.37 Å². The Kier molecular flexibility index (Phi) is 4.97. The van der Waals surface area contributed by atoms with Crippen LogP contribution >= 0.6 is 0 Å². The van der Waals surface area contributed by atoms with Gasteiger partial charge in [0, 0.05) is 16.5 Å². The molecule has 0 amide bonds. The number of nitrogens with zero attached hydrogens (tertiary/aromatic N) is 2. The zero-order chi connectivity index (χ0) is 19.3. The molecule has 0 saturated heterocycles. The average Bonchev–Trinajstić information content (AvgIpc) is 2.74. The highest BCUT2D eigenvalue weighted by atomic mass is 19.1. The Morgan fingerprint density at radius 2 is 1.71 bits per heavy atom. The van der Waals surface area contributed by atoms with E-state index >= 15 is 0 Å². The Morgan fingerprint density at radius 1 is 0.964 bits per heavy atom. The summed E-state index contributed by atoms with van der Waals surface area (Å²) in [7, 11) is 1.63. The average molecular weight is 371 g/mol. The first-order chi connectivity index (χ1) is 13.7. The maximum Gasteiger partial charge on any atom is 0.123 e. The summed E-state index contributed by atoms with van der Waals surface area (Å²) in [4.78, 5) is 4.70. The molecule has 0 bridgehead atoms. The van der Waals surface area contributed by atoms with Crippen LogP contribution in [0.25, 0.3) is 22.2 Å². The molecule has 28 heavy (non-hydrogen) atoms. The topological polar surface area (TPSA) is 46.5 Å². The molecule has 0 fully saturated rings. The maximum atomic E-state index is 13.3. The van der Waals surface area contributed by atoms with Gasteiger partial charge in [-0.3, -0.25) is 5.43 Å². The van der Waals surface area contributed by atoms with Crippen LogP contribution in [0, 0.1) is 5.82 Å². The molecular formula is C23H18FN3O. The van der Waals surface area contributed by atoms with Gasteiger partial charge in [0.05, 0.1) is 30.2 Å². The molecule has 5 heteroatoms. The van der Waals surface area contributed by atoms with Crippen molar-refractivity contribution >= 4 is 22.8 Å². The third kappa shape index (κ3) is 3.83. The molecule has 1 N–H and O–H groups in total. The lowest BCUT2D eigenvalue weighted by molar-refractivity contribution is 0.415. The van der Waals surface area contributed by atoms with Gasteiger partial charge in [0.1, 0.15) is 11.6 Å². The van der Waals surface area contributed by atoms with Crippen molar-refractivity contribution in [3.8, 4) is 17.0 Å². The molecule has 1 heterocycles. The molecule has 0 spiro atoms. The second-order valence-corrected chi connectivity index (χ2v) is 6.22. The summed E-state index contributed by atoms with van der Waals surface area (Å²) >= 11 is 0. The molecule has 4 rings (SSSR count). The molecule has 0 saturated carbocycles. The molecule has 4 aromatic rings. The van der Waals surface area contributed by atoms with Crippen LogP contribution in [0.2, 0.25) is 0 Å². The standard InChI is InChI=1S/C23H18FN3O/c1-28-20-12-10-19(11-13-20)27-25-15-17-14-23(16-6-8-18(24)9-7-16)26-22-5-3-2-4-21(17)22/h2-15,27H,1H3. The van der Waals surface area contributed by atoms with E-state index in [1.807, 2.05) is 54.6 Å². The number of anilines is 1. The van der Waals surface area contributed by atoms with Gasteiger partial charge < -0.3 is 4.74 Å². The molecule has 138 valence electrons. The lowest BCUT2D eigenvalue weighted by atomic mass is 10.0. The van der Waals surface area contributed by atoms with Crippen molar-refractivity contribution in [2.24, 2.45) is 5.10 Å². The molecule has 0 atom stereocenters. The zero-order valence-corrected chi connectivity index (χ0v) is 15.3. The first kappa shape index (κ1) is 17.7. The third-order valence-corrected chi connectivity index (χ3v) is 4.38. The SMILES string of the molecule is COc1ccc(NN=Cc2cc(-c3ccc(F)cc3)nc3ccccc23)cc1. The third-order valence-electron chi connectivity index (χ3n) is 4.38. The predicted octanol–water partition coefficient (Wildman–Crippen LogP) is 5.50. The van der Waals surface area contributed by atoms with Gasteiger partial charge in [-0.15, -0.1) is 0 Å². The highest BCUT2D eigenvalue weighted by Gasteiger charge is 2.06. The Bertz CT molecular complexity index is 1120. The van der Waals surface area contributed by atoms with Crippen LogP contribution in [-0.2, 0) is 0 Å². The summed E-state index contributed by atoms with van der Waals surface area (Å²) in [5.74, 6) is 0.522. The van der Waals surface area contributed by atoms with Crippen molar-refractivity contribution in [2.75, 3.05) is 12.5 Å². The first-order valence-electron chi connectivity index (χ1n) is 8.82. The van der Waals surface area contributed by atoms with Crippen LogP contribution in [-0.4, -0.2) is 18.3 Å². The quantitative estimate of drug-likeness (QED) is 0.372. The van der Waals surface area contributed by atoms with Gasteiger partial charge in [0.15, 0.2) is 0 Å². The van der Waals surface area contributed by atoms with Crippen molar-refractivity contribution in [1.82, 2.24) is 4.98 Å². The van der Waals surface area contributed by atoms with E-state index in [1.165, 1.54) is 12.1 Å². The Morgan fingerprint density at radius 3 is 2.46 bits per heavy atom. The van der Waals surface area contributed by atoms with Crippen LogP contribution in [0.4, 0.5) is 10.1 Å². The number of nitrogens with one attached hydrogen (secondary N) is 1. The van der Waals surface area contributed by atoms with E-state index in [2.05, 4.69) is 10.5 Å². The fraction of sp³-hybridized carbons (Fsp3) is 0.0435. The lowest BCUT2D eigenvalue weighted by Gasteiger charge is -2.07. The molecule has 0 unspecified atom stereocenters. The van der Waals surface area contributed by atoms with E-state index < -0.39 is 0 Å². The second kappa shape index (κ2) is 7.88. The lowest BCUT2D eigenvalue weighted by Crippen LogP contribution is -1.95. The Labute approximate surface area is 162 Å². The van der Waals surface area contributed by atoms with Gasteiger partial charge in [-0.05, 0) is 60.7 Å². The number of hydrogen-bond donors (Lipinski definition) is 1. The van der Waals surface area contributed by atoms with Gasteiger partial charge >= 0.3 is 0 Å². The van der Waals surface area contributed by atoms with Crippen LogP contribution in [0.15, 0.2) is 84.0 Å². The minimum atomic E-state index is -0.269. The van der Waals surface area contributed by atoms with Crippen LogP contribution in [0.5, 0.6) is 5.75 Å². The van der Waals surface area contributed by atoms with Crippen molar-refractivity contribution < 1.29 is 9.13 Å². The van der Waals surface area contributed by atoms with Gasteiger partial charge in [-0.1, -0.05) is 18.2 Å². The number of rotatable bonds is 5. The van der Waals surface area contributed by atoms with Crippen LogP contribution < -0.4 is 10.2 Å². The summed E-state index contributed by atoms with van der Waals surface area (Å²) in [6.07, 6.45) is 1.77. The number of pyridine rings is 1. The molecule has 1 aromatic heterocycles. The van der Waals surface area contributed by atoms with Crippen molar-refractivity contribution in [3.63, 3.8) is 0 Å². The number of ether oxygens (including phenoxy) is 1. The van der Waals surface area contributed by atoms with Crippen LogP contribution in [0.3, 0.4) is 0 Å². The number of para-hydroxylation sites is 1. The second-order valence-electron chi connectivity index (χ2n) is 6.22. The number of hydrazone groups is 1. The summed E-state index contributed by atoms with van der Waals surface area (Å²) in [6.45, 7) is 0. The molecule has 0 aliphatic carbocycles. The number of benzene rings is 3. The smallest absolute Gasteiger partial charge is 0.123 e. The van der Waals surface area contributed by atoms with E-state index in [0.717, 1.165) is 39.2 Å². The van der Waals surface area contributed by atoms with E-state index in [9.17, 15) is 4.39 Å². The summed E-state index contributed by atoms with van der Waals surface area (Å²) < 4.78 is 18.4. The normalized spacial score (nSPS) is 11.1. The largest absolute Gasteiger partial charge is 0.497 e. The van der Waals surface area contributed by atoms with E-state index in [0.29, 0.717) is 0 Å². The monoisotopic (exact) mass is 371 g/mol. The highest BCUT2D eigenvalue weighted by Crippen LogP contribution is 2.24. The fourth-order valence-corrected chi connectivity index (χ4v) is 2.92. The zero-order valence-electron chi connectivity index (χ0n) is 15.3. The Balaban J connectivity index is 1.67. The summed E-state index contributed by atoms with van der Waals surface area (Å²) in [5.41, 5.74) is 7.27. The van der Waals surface area contributed by atoms with E-state index in [1.54, 1.807) is 25.5 Å². The Hall–Kier alpha value is -3.73. The fourth-order valence-electron chi connectivity index (χ4n) is 2.92. The van der Waals surface area contributed by atoms with E-state index in [4.69, 9.17) is 9.72 Å². The van der Waals surface area contributed by atoms with Crippen LogP contribution in [0.1, 0.15) is 5.56 Å². The molecule has 0 aliphatic heterocycles. The molecule has 3 aromatic carbocycles. The van der Waals surface area contributed by atoms with Crippen molar-refractivity contribution in [1.29, 1.82) is 0 Å². The number of fused-ring (bicyclic) bond motifs is 1. The summed E-state index contributed by atoms with van der Waals surface area (Å²) in [6, 6.07) is 23.7. The predicted molar refractivity (Wildman–Crippen MR) is 111 cm³/mol. The number of aromatic nitrogens is 1. The summed E-state index contributed by atoms with van der Waals surface area (Å²) in [5, 5.41) is 5.36. The number of methoxy groups -OCH3 is 1. The minimum absolute atomic E-state index is 0.269. The molecule has 4 nitrogen and oxygen atoms in total. The minimum Gasteiger partial charge on any atom is -0.497 e. The van der Waals surface area contributed by atoms with Gasteiger partial charge in [0.2, 0.25) is 0 Å². The molecule has 0 aliphatic rings. The van der Waals surface area contributed by atoms with E-state index in [-0.39, 0.29) is 5.82 Å². The molecular weight excluding hydrogens is 353 g/mol. The highest BCUT2D eigenvalue weighted by molar-refractivity contribution is 6.00. The molecule has 0 radical (unpaired) electrons. The number of hydrogen-bond acceptors (Lipinski definition) is 4. The van der Waals surface area contributed by atoms with Crippen molar-refractivity contribution in [2.45, 2.75) is 0 Å². The first-order valence-corrected chi connectivity index (χ1v) is 8.82. The maximum absolute atomic E-state index is 13.3. The van der Waals surface area contributed by atoms with Gasteiger partial charge in [0.25, 0.3) is 0 Å². The van der Waals surface area contributed by atoms with Crippen molar-refractivity contribution in [3.05, 3.63) is 90.2 Å². The van der Waals surface area contributed by atoms with Gasteiger partial charge in [-0.2, -0.15) is 5.10 Å².